The number of hydrogen-bond donors (Lipinski definition) is 0. The van der Waals surface area contributed by atoms with Crippen molar-refractivity contribution in [2.75, 3.05) is 18.0 Å². The molecule has 6 heteroatoms. The first kappa shape index (κ1) is 16.0. The SMILES string of the molecule is N#Cc1ccc(N2CCC3(CC2)CC3c2nnc(-c3ccccc3)o2)nc1. The van der Waals surface area contributed by atoms with Crippen molar-refractivity contribution in [3.05, 3.63) is 60.1 Å². The van der Waals surface area contributed by atoms with Gasteiger partial charge in [0.1, 0.15) is 11.9 Å². The summed E-state index contributed by atoms with van der Waals surface area (Å²) in [7, 11) is 0. The first-order valence-corrected chi connectivity index (χ1v) is 9.27. The molecule has 0 radical (unpaired) electrons. The van der Waals surface area contributed by atoms with Crippen molar-refractivity contribution in [1.82, 2.24) is 15.2 Å². The van der Waals surface area contributed by atoms with Gasteiger partial charge in [0, 0.05) is 30.8 Å². The third kappa shape index (κ3) is 2.85. The number of pyridine rings is 1. The fourth-order valence-corrected chi connectivity index (χ4v) is 4.14. The van der Waals surface area contributed by atoms with Crippen LogP contribution in [0.2, 0.25) is 0 Å². The third-order valence-corrected chi connectivity index (χ3v) is 5.91. The molecule has 0 N–H and O–H groups in total. The summed E-state index contributed by atoms with van der Waals surface area (Å²) in [5.74, 6) is 2.70. The standard InChI is InChI=1S/C21H19N5O/c22-13-15-6-7-18(23-14-15)26-10-8-21(9-11-26)12-17(21)20-25-24-19(27-20)16-4-2-1-3-5-16/h1-7,14,17H,8-12H2. The molecule has 1 saturated carbocycles. The number of anilines is 1. The molecule has 1 aliphatic carbocycles. The van der Waals surface area contributed by atoms with Gasteiger partial charge in [0.2, 0.25) is 11.8 Å². The third-order valence-electron chi connectivity index (χ3n) is 5.91. The molecular formula is C21H19N5O. The summed E-state index contributed by atoms with van der Waals surface area (Å²) >= 11 is 0. The average molecular weight is 357 g/mol. The number of aromatic nitrogens is 3. The molecule has 6 nitrogen and oxygen atoms in total. The summed E-state index contributed by atoms with van der Waals surface area (Å²) in [6.45, 7) is 1.93. The predicted octanol–water partition coefficient (Wildman–Crippen LogP) is 3.78. The summed E-state index contributed by atoms with van der Waals surface area (Å²) in [5, 5.41) is 17.5. The Balaban J connectivity index is 1.25. The van der Waals surface area contributed by atoms with Crippen LogP contribution in [0.1, 0.15) is 36.6 Å². The summed E-state index contributed by atoms with van der Waals surface area (Å²) < 4.78 is 5.98. The van der Waals surface area contributed by atoms with Gasteiger partial charge in [-0.2, -0.15) is 5.26 Å². The normalized spacial score (nSPS) is 20.4. The Morgan fingerprint density at radius 3 is 2.59 bits per heavy atom. The van der Waals surface area contributed by atoms with E-state index < -0.39 is 0 Å². The number of rotatable bonds is 3. The molecule has 5 rings (SSSR count). The van der Waals surface area contributed by atoms with Gasteiger partial charge in [-0.1, -0.05) is 18.2 Å². The maximum Gasteiger partial charge on any atom is 0.247 e. The van der Waals surface area contributed by atoms with Gasteiger partial charge in [-0.25, -0.2) is 4.98 Å². The molecule has 1 aromatic carbocycles. The highest BCUT2D eigenvalue weighted by atomic mass is 16.4. The highest BCUT2D eigenvalue weighted by molar-refractivity contribution is 5.52. The molecule has 27 heavy (non-hydrogen) atoms. The van der Waals surface area contributed by atoms with Crippen LogP contribution in [-0.4, -0.2) is 28.3 Å². The number of benzene rings is 1. The minimum absolute atomic E-state index is 0.295. The van der Waals surface area contributed by atoms with Crippen LogP contribution in [0.4, 0.5) is 5.82 Å². The van der Waals surface area contributed by atoms with Crippen LogP contribution in [-0.2, 0) is 0 Å². The van der Waals surface area contributed by atoms with E-state index in [1.807, 2.05) is 42.5 Å². The van der Waals surface area contributed by atoms with Crippen LogP contribution in [0.15, 0.2) is 53.1 Å². The molecule has 1 aliphatic heterocycles. The maximum absolute atomic E-state index is 8.90. The van der Waals surface area contributed by atoms with Gasteiger partial charge in [0.25, 0.3) is 0 Å². The summed E-state index contributed by atoms with van der Waals surface area (Å²) in [5.41, 5.74) is 1.86. The predicted molar refractivity (Wildman–Crippen MR) is 99.9 cm³/mol. The molecule has 0 bridgehead atoms. The molecule has 0 amide bonds. The van der Waals surface area contributed by atoms with Crippen molar-refractivity contribution >= 4 is 5.82 Å². The lowest BCUT2D eigenvalue weighted by molar-refractivity contribution is 0.352. The van der Waals surface area contributed by atoms with Crippen LogP contribution in [0.5, 0.6) is 0 Å². The van der Waals surface area contributed by atoms with Crippen molar-refractivity contribution in [1.29, 1.82) is 5.26 Å². The second kappa shape index (κ2) is 6.20. The highest BCUT2D eigenvalue weighted by Gasteiger charge is 2.58. The summed E-state index contributed by atoms with van der Waals surface area (Å²) in [6.07, 6.45) is 4.96. The Labute approximate surface area is 157 Å². The lowest BCUT2D eigenvalue weighted by Crippen LogP contribution is -2.35. The Hall–Kier alpha value is -3.20. The van der Waals surface area contributed by atoms with Crippen LogP contribution in [0.25, 0.3) is 11.5 Å². The summed E-state index contributed by atoms with van der Waals surface area (Å²) in [6, 6.07) is 15.8. The van der Waals surface area contributed by atoms with Crippen molar-refractivity contribution in [3.8, 4) is 17.5 Å². The van der Waals surface area contributed by atoms with E-state index in [9.17, 15) is 0 Å². The van der Waals surface area contributed by atoms with Crippen molar-refractivity contribution in [2.45, 2.75) is 25.2 Å². The van der Waals surface area contributed by atoms with Crippen LogP contribution < -0.4 is 4.90 Å². The smallest absolute Gasteiger partial charge is 0.247 e. The minimum Gasteiger partial charge on any atom is -0.420 e. The molecule has 2 fully saturated rings. The number of piperidine rings is 1. The second-order valence-electron chi connectivity index (χ2n) is 7.43. The van der Waals surface area contributed by atoms with E-state index in [4.69, 9.17) is 9.68 Å². The zero-order chi connectivity index (χ0) is 18.3. The Morgan fingerprint density at radius 2 is 1.89 bits per heavy atom. The monoisotopic (exact) mass is 357 g/mol. The lowest BCUT2D eigenvalue weighted by Gasteiger charge is -2.33. The molecule has 1 atom stereocenters. The quantitative estimate of drug-likeness (QED) is 0.710. The van der Waals surface area contributed by atoms with Gasteiger partial charge < -0.3 is 9.32 Å². The highest BCUT2D eigenvalue weighted by Crippen LogP contribution is 2.64. The van der Waals surface area contributed by atoms with E-state index in [0.29, 0.717) is 22.8 Å². The van der Waals surface area contributed by atoms with E-state index >= 15 is 0 Å². The first-order valence-electron chi connectivity index (χ1n) is 9.27. The molecule has 2 aromatic heterocycles. The van der Waals surface area contributed by atoms with E-state index in [1.165, 1.54) is 0 Å². The topological polar surface area (TPSA) is 78.8 Å². The summed E-state index contributed by atoms with van der Waals surface area (Å²) in [4.78, 5) is 6.71. The Kier molecular flexibility index (Phi) is 3.68. The van der Waals surface area contributed by atoms with E-state index in [-0.39, 0.29) is 0 Å². The molecular weight excluding hydrogens is 338 g/mol. The second-order valence-corrected chi connectivity index (χ2v) is 7.43. The van der Waals surface area contributed by atoms with Gasteiger partial charge in [0.05, 0.1) is 5.56 Å². The fraction of sp³-hybridized carbons (Fsp3) is 0.333. The van der Waals surface area contributed by atoms with Gasteiger partial charge in [0.15, 0.2) is 0 Å². The number of hydrogen-bond acceptors (Lipinski definition) is 6. The minimum atomic E-state index is 0.295. The zero-order valence-corrected chi connectivity index (χ0v) is 14.9. The molecule has 1 saturated heterocycles. The van der Waals surface area contributed by atoms with Crippen LogP contribution in [0.3, 0.4) is 0 Å². The van der Waals surface area contributed by atoms with Crippen LogP contribution >= 0.6 is 0 Å². The van der Waals surface area contributed by atoms with Gasteiger partial charge in [-0.05, 0) is 48.9 Å². The van der Waals surface area contributed by atoms with Gasteiger partial charge in [-0.15, -0.1) is 10.2 Å². The fourth-order valence-electron chi connectivity index (χ4n) is 4.14. The first-order chi connectivity index (χ1) is 13.3. The molecule has 134 valence electrons. The molecule has 1 spiro atoms. The van der Waals surface area contributed by atoms with E-state index in [1.54, 1.807) is 6.20 Å². The average Bonchev–Trinajstić information content (AvgIpc) is 3.21. The zero-order valence-electron chi connectivity index (χ0n) is 14.9. The van der Waals surface area contributed by atoms with E-state index in [2.05, 4.69) is 26.2 Å². The number of nitriles is 1. The molecule has 3 heterocycles. The van der Waals surface area contributed by atoms with Gasteiger partial charge >= 0.3 is 0 Å². The van der Waals surface area contributed by atoms with Crippen LogP contribution in [0, 0.1) is 16.7 Å². The van der Waals surface area contributed by atoms with Crippen molar-refractivity contribution < 1.29 is 4.42 Å². The Bertz CT molecular complexity index is 981. The van der Waals surface area contributed by atoms with Gasteiger partial charge in [-0.3, -0.25) is 0 Å². The van der Waals surface area contributed by atoms with E-state index in [0.717, 1.165) is 49.6 Å². The van der Waals surface area contributed by atoms with Crippen molar-refractivity contribution in [2.24, 2.45) is 5.41 Å². The molecule has 2 aliphatic rings. The Morgan fingerprint density at radius 1 is 1.07 bits per heavy atom. The maximum atomic E-state index is 8.90. The lowest BCUT2D eigenvalue weighted by atomic mass is 9.91. The molecule has 1 unspecified atom stereocenters. The number of nitrogens with zero attached hydrogens (tertiary/aromatic N) is 5. The van der Waals surface area contributed by atoms with Crippen molar-refractivity contribution in [3.63, 3.8) is 0 Å². The largest absolute Gasteiger partial charge is 0.420 e. The molecule has 3 aromatic rings.